The number of para-hydroxylation sites is 1. The summed E-state index contributed by atoms with van der Waals surface area (Å²) in [6.45, 7) is 5.92. The second-order valence-corrected chi connectivity index (χ2v) is 14.0. The second kappa shape index (κ2) is 18.0. The van der Waals surface area contributed by atoms with E-state index in [0.29, 0.717) is 26.1 Å². The van der Waals surface area contributed by atoms with Gasteiger partial charge in [0.2, 0.25) is 17.7 Å². The quantitative estimate of drug-likeness (QED) is 0.146. The summed E-state index contributed by atoms with van der Waals surface area (Å²) in [5, 5.41) is 58.2. The van der Waals surface area contributed by atoms with Crippen molar-refractivity contribution in [1.29, 1.82) is 0 Å². The van der Waals surface area contributed by atoms with Crippen LogP contribution in [0.5, 0.6) is 0 Å². The van der Waals surface area contributed by atoms with Gasteiger partial charge in [0.25, 0.3) is 0 Å². The van der Waals surface area contributed by atoms with E-state index < -0.39 is 48.4 Å². The van der Waals surface area contributed by atoms with E-state index in [2.05, 4.69) is 22.8 Å². The minimum Gasteiger partial charge on any atom is -0.479 e. The van der Waals surface area contributed by atoms with Crippen molar-refractivity contribution in [3.63, 3.8) is 0 Å². The molecule has 3 amide bonds. The van der Waals surface area contributed by atoms with Crippen LogP contribution in [0.4, 0.5) is 5.69 Å². The van der Waals surface area contributed by atoms with Crippen LogP contribution in [-0.2, 0) is 31.0 Å². The minimum atomic E-state index is -2.20. The highest BCUT2D eigenvalue weighted by Gasteiger charge is 2.47. The Hall–Kier alpha value is -3.92. The molecule has 2 aromatic carbocycles. The Kier molecular flexibility index (Phi) is 14.1. The Morgan fingerprint density at radius 3 is 2.20 bits per heavy atom. The SMILES string of the molecule is CC1(C)C(=O)N(C2CCN(C(=O)[C@H](CCc3ccccc3)NC(=O)[C@@H]3CCCNC3)CC2)c2ccccc21.O=C(O)[C@H](O)[C@@H](O)[C@H](O)[C@H](O)CO. The molecule has 0 bridgehead atoms. The van der Waals surface area contributed by atoms with Gasteiger partial charge in [-0.25, -0.2) is 4.79 Å². The molecule has 0 aliphatic carbocycles. The van der Waals surface area contributed by atoms with E-state index >= 15 is 0 Å². The number of likely N-dealkylation sites (tertiary alicyclic amines) is 1. The van der Waals surface area contributed by atoms with E-state index in [1.54, 1.807) is 0 Å². The van der Waals surface area contributed by atoms with Gasteiger partial charge < -0.3 is 51.1 Å². The molecule has 2 aromatic rings. The number of carbonyl (C=O) groups excluding carboxylic acids is 3. The number of benzene rings is 2. The summed E-state index contributed by atoms with van der Waals surface area (Å²) in [4.78, 5) is 54.2. The van der Waals surface area contributed by atoms with Gasteiger partial charge in [0.15, 0.2) is 6.10 Å². The maximum atomic E-state index is 13.7. The van der Waals surface area contributed by atoms with Gasteiger partial charge in [-0.1, -0.05) is 48.5 Å². The van der Waals surface area contributed by atoms with E-state index in [4.69, 9.17) is 30.6 Å². The van der Waals surface area contributed by atoms with E-state index in [1.165, 1.54) is 0 Å². The van der Waals surface area contributed by atoms with E-state index in [1.807, 2.05) is 66.1 Å². The van der Waals surface area contributed by atoms with E-state index in [0.717, 1.165) is 55.5 Å². The molecule has 0 unspecified atom stereocenters. The number of rotatable bonds is 12. The predicted molar refractivity (Wildman–Crippen MR) is 188 cm³/mol. The number of nitrogens with one attached hydrogen (secondary N) is 2. The fraction of sp³-hybridized carbons (Fsp3) is 0.568. The van der Waals surface area contributed by atoms with Crippen molar-refractivity contribution in [3.05, 3.63) is 65.7 Å². The van der Waals surface area contributed by atoms with Crippen LogP contribution in [-0.4, -0.2) is 129 Å². The molecule has 0 saturated carbocycles. The maximum Gasteiger partial charge on any atom is 0.335 e. The molecule has 14 nitrogen and oxygen atoms in total. The first-order valence-corrected chi connectivity index (χ1v) is 17.6. The normalized spacial score (nSPS) is 21.7. The number of aliphatic carboxylic acids is 1. The van der Waals surface area contributed by atoms with Crippen molar-refractivity contribution in [2.45, 2.75) is 94.3 Å². The average molecular weight is 713 g/mol. The Balaban J connectivity index is 0.000000383. The van der Waals surface area contributed by atoms with Gasteiger partial charge in [-0.15, -0.1) is 0 Å². The van der Waals surface area contributed by atoms with Gasteiger partial charge in [-0.2, -0.15) is 0 Å². The number of fused-ring (bicyclic) bond motifs is 1. The zero-order valence-corrected chi connectivity index (χ0v) is 29.2. The Morgan fingerprint density at radius 1 is 0.941 bits per heavy atom. The van der Waals surface area contributed by atoms with Gasteiger partial charge in [-0.3, -0.25) is 14.4 Å². The first kappa shape index (κ1) is 39.9. The first-order chi connectivity index (χ1) is 24.3. The summed E-state index contributed by atoms with van der Waals surface area (Å²) in [6, 6.07) is 17.7. The summed E-state index contributed by atoms with van der Waals surface area (Å²) in [6.07, 6.45) is -3.25. The van der Waals surface area contributed by atoms with Crippen LogP contribution in [0.3, 0.4) is 0 Å². The number of piperidine rings is 2. The number of aliphatic hydroxyl groups is 5. The van der Waals surface area contributed by atoms with Crippen molar-refractivity contribution in [2.75, 3.05) is 37.7 Å². The zero-order valence-electron chi connectivity index (χ0n) is 29.2. The van der Waals surface area contributed by atoms with Crippen molar-refractivity contribution in [1.82, 2.24) is 15.5 Å². The van der Waals surface area contributed by atoms with Crippen LogP contribution in [0.2, 0.25) is 0 Å². The molecular formula is C37H52N4O10. The standard InChI is InChI=1S/C31H40N4O3.C6H12O7/c1-31(2)25-12-6-7-13-27(25)35(30(31)38)24-16-19-34(20-17-24)29(37)26(15-14-22-9-4-3-5-10-22)33-28(36)23-11-8-18-32-21-23;7-1-2(8)3(9)4(10)5(11)6(12)13/h3-7,9-10,12-13,23-24,26,32H,8,11,14-21H2,1-2H3,(H,33,36);2-5,7-11H,1H2,(H,12,13)/t23-,26+;2-,3-,4+,5-/m11/s1. The van der Waals surface area contributed by atoms with Gasteiger partial charge in [0.05, 0.1) is 17.9 Å². The number of hydrogen-bond donors (Lipinski definition) is 8. The Bertz CT molecular complexity index is 1480. The van der Waals surface area contributed by atoms with Crippen LogP contribution in [0.25, 0.3) is 0 Å². The van der Waals surface area contributed by atoms with Crippen LogP contribution < -0.4 is 15.5 Å². The summed E-state index contributed by atoms with van der Waals surface area (Å²) < 4.78 is 0. The van der Waals surface area contributed by atoms with E-state index in [-0.39, 0.29) is 29.7 Å². The molecule has 51 heavy (non-hydrogen) atoms. The highest BCUT2D eigenvalue weighted by molar-refractivity contribution is 6.08. The highest BCUT2D eigenvalue weighted by atomic mass is 16.4. The third kappa shape index (κ3) is 9.70. The molecule has 0 spiro atoms. The number of carbonyl (C=O) groups is 4. The topological polar surface area (TPSA) is 220 Å². The molecule has 8 N–H and O–H groups in total. The van der Waals surface area contributed by atoms with Crippen molar-refractivity contribution >= 4 is 29.4 Å². The number of carboxylic acid groups (broad SMARTS) is 1. The molecule has 5 rings (SSSR count). The van der Waals surface area contributed by atoms with Gasteiger partial charge in [-0.05, 0) is 76.1 Å². The molecule has 2 saturated heterocycles. The lowest BCUT2D eigenvalue weighted by Crippen LogP contribution is -2.55. The van der Waals surface area contributed by atoms with Crippen molar-refractivity contribution < 1.29 is 49.8 Å². The number of hydrogen-bond acceptors (Lipinski definition) is 10. The summed E-state index contributed by atoms with van der Waals surface area (Å²) in [5.41, 5.74) is 2.70. The third-order valence-corrected chi connectivity index (χ3v) is 10.1. The van der Waals surface area contributed by atoms with Gasteiger partial charge in [0, 0.05) is 31.4 Å². The number of nitrogens with zero attached hydrogens (tertiary/aromatic N) is 2. The molecule has 2 fully saturated rings. The summed E-state index contributed by atoms with van der Waals surface area (Å²) >= 11 is 0. The molecule has 3 aliphatic heterocycles. The Labute approximate surface area is 298 Å². The fourth-order valence-corrected chi connectivity index (χ4v) is 6.91. The molecular weight excluding hydrogens is 660 g/mol. The third-order valence-electron chi connectivity index (χ3n) is 10.1. The fourth-order valence-electron chi connectivity index (χ4n) is 6.91. The monoisotopic (exact) mass is 712 g/mol. The predicted octanol–water partition coefficient (Wildman–Crippen LogP) is -0.0741. The molecule has 280 valence electrons. The molecule has 0 aromatic heterocycles. The lowest BCUT2D eigenvalue weighted by atomic mass is 9.86. The lowest BCUT2D eigenvalue weighted by molar-refractivity contribution is -0.164. The number of carboxylic acids is 1. The summed E-state index contributed by atoms with van der Waals surface area (Å²) in [5.74, 6) is -1.72. The largest absolute Gasteiger partial charge is 0.479 e. The smallest absolute Gasteiger partial charge is 0.335 e. The number of aliphatic hydroxyl groups excluding tert-OH is 5. The average Bonchev–Trinajstić information content (AvgIpc) is 3.36. The van der Waals surface area contributed by atoms with Gasteiger partial charge >= 0.3 is 5.97 Å². The lowest BCUT2D eigenvalue weighted by Gasteiger charge is -2.39. The highest BCUT2D eigenvalue weighted by Crippen LogP contribution is 2.43. The van der Waals surface area contributed by atoms with Crippen LogP contribution >= 0.6 is 0 Å². The molecule has 14 heteroatoms. The molecule has 0 radical (unpaired) electrons. The van der Waals surface area contributed by atoms with Crippen LogP contribution in [0.1, 0.15) is 57.1 Å². The molecule has 6 atom stereocenters. The number of aryl methyl sites for hydroxylation is 1. The van der Waals surface area contributed by atoms with Gasteiger partial charge in [0.1, 0.15) is 24.4 Å². The Morgan fingerprint density at radius 2 is 1.59 bits per heavy atom. The van der Waals surface area contributed by atoms with Crippen LogP contribution in [0, 0.1) is 5.92 Å². The molecule has 3 aliphatic rings. The van der Waals surface area contributed by atoms with E-state index in [9.17, 15) is 19.2 Å². The minimum absolute atomic E-state index is 0.00928. The zero-order chi connectivity index (χ0) is 37.3. The second-order valence-electron chi connectivity index (χ2n) is 14.0. The molecule has 3 heterocycles. The summed E-state index contributed by atoms with van der Waals surface area (Å²) in [7, 11) is 0. The van der Waals surface area contributed by atoms with Crippen LogP contribution in [0.15, 0.2) is 54.6 Å². The first-order valence-electron chi connectivity index (χ1n) is 17.6. The van der Waals surface area contributed by atoms with Crippen molar-refractivity contribution in [3.8, 4) is 0 Å². The maximum absolute atomic E-state index is 13.7. The van der Waals surface area contributed by atoms with Crippen molar-refractivity contribution in [2.24, 2.45) is 5.92 Å². The number of anilines is 1. The number of amides is 3.